The summed E-state index contributed by atoms with van der Waals surface area (Å²) in [6.07, 6.45) is 0. The number of carbonyl (C=O) groups excluding carboxylic acids is 1. The third kappa shape index (κ3) is 1.32. The van der Waals surface area contributed by atoms with Crippen LogP contribution in [-0.4, -0.2) is 28.0 Å². The van der Waals surface area contributed by atoms with Gasteiger partial charge in [0.2, 0.25) is 0 Å². The molecule has 0 aliphatic rings. The number of pyridine rings is 1. The third-order valence-electron chi connectivity index (χ3n) is 1.86. The average Bonchev–Trinajstić information content (AvgIpc) is 2.55. The van der Waals surface area contributed by atoms with E-state index in [9.17, 15) is 4.79 Å². The smallest absolute Gasteiger partial charge is 0.356 e. The van der Waals surface area contributed by atoms with Crippen molar-refractivity contribution in [3.8, 4) is 0 Å². The molecule has 2 aromatic rings. The van der Waals surface area contributed by atoms with Crippen LogP contribution < -0.4 is 0 Å². The fourth-order valence-electron chi connectivity index (χ4n) is 1.23. The zero-order valence-electron chi connectivity index (χ0n) is 7.87. The number of rotatable bonds is 1. The summed E-state index contributed by atoms with van der Waals surface area (Å²) < 4.78 is 4.55. The second kappa shape index (κ2) is 3.10. The monoisotopic (exact) mass is 191 g/mol. The van der Waals surface area contributed by atoms with Crippen molar-refractivity contribution in [2.75, 3.05) is 7.11 Å². The van der Waals surface area contributed by atoms with Gasteiger partial charge in [-0.25, -0.2) is 14.8 Å². The number of aromatic nitrogens is 3. The van der Waals surface area contributed by atoms with Crippen molar-refractivity contribution in [3.63, 3.8) is 0 Å². The number of carbonyl (C=O) groups is 1. The van der Waals surface area contributed by atoms with Crippen LogP contribution in [0.2, 0.25) is 0 Å². The summed E-state index contributed by atoms with van der Waals surface area (Å²) in [5, 5.41) is 0. The normalized spacial score (nSPS) is 10.4. The molecule has 2 heterocycles. The summed E-state index contributed by atoms with van der Waals surface area (Å²) >= 11 is 0. The van der Waals surface area contributed by atoms with Crippen molar-refractivity contribution < 1.29 is 9.53 Å². The molecule has 0 spiro atoms. The first-order valence-corrected chi connectivity index (χ1v) is 4.12. The van der Waals surface area contributed by atoms with Gasteiger partial charge in [-0.2, -0.15) is 0 Å². The van der Waals surface area contributed by atoms with Gasteiger partial charge in [0.15, 0.2) is 11.3 Å². The van der Waals surface area contributed by atoms with E-state index >= 15 is 0 Å². The van der Waals surface area contributed by atoms with Crippen LogP contribution in [0.15, 0.2) is 12.1 Å². The molecule has 5 nitrogen and oxygen atoms in total. The Kier molecular flexibility index (Phi) is 1.92. The van der Waals surface area contributed by atoms with E-state index < -0.39 is 5.97 Å². The van der Waals surface area contributed by atoms with Gasteiger partial charge in [-0.05, 0) is 19.1 Å². The molecule has 14 heavy (non-hydrogen) atoms. The largest absolute Gasteiger partial charge is 0.464 e. The van der Waals surface area contributed by atoms with Gasteiger partial charge in [-0.15, -0.1) is 0 Å². The fraction of sp³-hybridized carbons (Fsp3) is 0.222. The first kappa shape index (κ1) is 8.68. The highest BCUT2D eigenvalue weighted by atomic mass is 16.5. The van der Waals surface area contributed by atoms with Gasteiger partial charge in [0.1, 0.15) is 5.82 Å². The number of hydrogen-bond acceptors (Lipinski definition) is 4. The molecule has 0 bridgehead atoms. The lowest BCUT2D eigenvalue weighted by Gasteiger charge is -1.96. The number of aryl methyl sites for hydroxylation is 1. The van der Waals surface area contributed by atoms with Gasteiger partial charge < -0.3 is 9.72 Å². The minimum atomic E-state index is -0.451. The Morgan fingerprint density at radius 3 is 2.93 bits per heavy atom. The SMILES string of the molecule is COC(=O)c1ccc2[nH]c(C)nc2n1. The number of esters is 1. The van der Waals surface area contributed by atoms with E-state index in [1.165, 1.54) is 7.11 Å². The highest BCUT2D eigenvalue weighted by Gasteiger charge is 2.09. The van der Waals surface area contributed by atoms with E-state index in [0.717, 1.165) is 11.3 Å². The number of ether oxygens (including phenoxy) is 1. The van der Waals surface area contributed by atoms with E-state index in [2.05, 4.69) is 19.7 Å². The van der Waals surface area contributed by atoms with Gasteiger partial charge in [0.05, 0.1) is 12.6 Å². The molecule has 1 N–H and O–H groups in total. The number of methoxy groups -OCH3 is 1. The van der Waals surface area contributed by atoms with Crippen LogP contribution in [0.5, 0.6) is 0 Å². The lowest BCUT2D eigenvalue weighted by Crippen LogP contribution is -2.03. The van der Waals surface area contributed by atoms with Gasteiger partial charge in [0, 0.05) is 0 Å². The Hall–Kier alpha value is -1.91. The number of fused-ring (bicyclic) bond motifs is 1. The van der Waals surface area contributed by atoms with Crippen molar-refractivity contribution in [2.45, 2.75) is 6.92 Å². The number of aromatic amines is 1. The number of nitrogens with one attached hydrogen (secondary N) is 1. The highest BCUT2D eigenvalue weighted by molar-refractivity contribution is 5.89. The molecule has 0 amide bonds. The van der Waals surface area contributed by atoms with Crippen molar-refractivity contribution in [2.24, 2.45) is 0 Å². The van der Waals surface area contributed by atoms with Crippen LogP contribution in [0.1, 0.15) is 16.3 Å². The van der Waals surface area contributed by atoms with Crippen molar-refractivity contribution in [1.29, 1.82) is 0 Å². The van der Waals surface area contributed by atoms with Gasteiger partial charge in [0.25, 0.3) is 0 Å². The summed E-state index contributed by atoms with van der Waals surface area (Å²) in [4.78, 5) is 22.3. The lowest BCUT2D eigenvalue weighted by molar-refractivity contribution is 0.0594. The van der Waals surface area contributed by atoms with Gasteiger partial charge >= 0.3 is 5.97 Å². The highest BCUT2D eigenvalue weighted by Crippen LogP contribution is 2.09. The third-order valence-corrected chi connectivity index (χ3v) is 1.86. The topological polar surface area (TPSA) is 67.9 Å². The molecule has 0 fully saturated rings. The molecular weight excluding hydrogens is 182 g/mol. The molecule has 2 rings (SSSR count). The number of hydrogen-bond donors (Lipinski definition) is 1. The minimum absolute atomic E-state index is 0.270. The Morgan fingerprint density at radius 2 is 2.21 bits per heavy atom. The molecule has 0 saturated heterocycles. The average molecular weight is 191 g/mol. The van der Waals surface area contributed by atoms with E-state index in [1.807, 2.05) is 6.92 Å². The number of nitrogens with zero attached hydrogens (tertiary/aromatic N) is 2. The van der Waals surface area contributed by atoms with Crippen molar-refractivity contribution in [3.05, 3.63) is 23.7 Å². The van der Waals surface area contributed by atoms with Crippen LogP contribution in [0.25, 0.3) is 11.2 Å². The standard InChI is InChI=1S/C9H9N3O2/c1-5-10-6-3-4-7(9(13)14-2)12-8(6)11-5/h3-4H,1-2H3,(H,10,11,12). The summed E-state index contributed by atoms with van der Waals surface area (Å²) in [7, 11) is 1.32. The van der Waals surface area contributed by atoms with E-state index in [0.29, 0.717) is 5.65 Å². The Morgan fingerprint density at radius 1 is 1.43 bits per heavy atom. The van der Waals surface area contributed by atoms with Crippen molar-refractivity contribution >= 4 is 17.1 Å². The maximum atomic E-state index is 11.1. The maximum Gasteiger partial charge on any atom is 0.356 e. The summed E-state index contributed by atoms with van der Waals surface area (Å²) in [6, 6.07) is 3.36. The van der Waals surface area contributed by atoms with E-state index in [1.54, 1.807) is 12.1 Å². The molecular formula is C9H9N3O2. The summed E-state index contributed by atoms with van der Waals surface area (Å²) in [5.41, 5.74) is 1.62. The van der Waals surface area contributed by atoms with E-state index in [4.69, 9.17) is 0 Å². The predicted molar refractivity (Wildman–Crippen MR) is 50.0 cm³/mol. The second-order valence-electron chi connectivity index (χ2n) is 2.88. The zero-order chi connectivity index (χ0) is 10.1. The van der Waals surface area contributed by atoms with Crippen LogP contribution >= 0.6 is 0 Å². The molecule has 0 atom stereocenters. The predicted octanol–water partition coefficient (Wildman–Crippen LogP) is 1.05. The molecule has 2 aromatic heterocycles. The minimum Gasteiger partial charge on any atom is -0.464 e. The maximum absolute atomic E-state index is 11.1. The molecule has 0 unspecified atom stereocenters. The number of H-pyrrole nitrogens is 1. The molecule has 5 heteroatoms. The van der Waals surface area contributed by atoms with E-state index in [-0.39, 0.29) is 5.69 Å². The second-order valence-corrected chi connectivity index (χ2v) is 2.88. The molecule has 0 aliphatic carbocycles. The van der Waals surface area contributed by atoms with Crippen LogP contribution in [-0.2, 0) is 4.74 Å². The quantitative estimate of drug-likeness (QED) is 0.684. The van der Waals surface area contributed by atoms with Gasteiger partial charge in [-0.3, -0.25) is 0 Å². The Labute approximate surface area is 80.1 Å². The fourth-order valence-corrected chi connectivity index (χ4v) is 1.23. The van der Waals surface area contributed by atoms with Gasteiger partial charge in [-0.1, -0.05) is 0 Å². The van der Waals surface area contributed by atoms with Crippen LogP contribution in [0, 0.1) is 6.92 Å². The molecule has 0 aromatic carbocycles. The zero-order valence-corrected chi connectivity index (χ0v) is 7.87. The Balaban J connectivity index is 2.55. The number of imidazole rings is 1. The van der Waals surface area contributed by atoms with Crippen LogP contribution in [0.3, 0.4) is 0 Å². The van der Waals surface area contributed by atoms with Crippen LogP contribution in [0.4, 0.5) is 0 Å². The molecule has 0 aliphatic heterocycles. The first-order chi connectivity index (χ1) is 6.70. The molecule has 0 saturated carbocycles. The lowest BCUT2D eigenvalue weighted by atomic mass is 10.3. The molecule has 0 radical (unpaired) electrons. The van der Waals surface area contributed by atoms with Crippen molar-refractivity contribution in [1.82, 2.24) is 15.0 Å². The Bertz CT molecular complexity index is 490. The molecule has 72 valence electrons. The summed E-state index contributed by atoms with van der Waals surface area (Å²) in [6.45, 7) is 1.83. The summed E-state index contributed by atoms with van der Waals surface area (Å²) in [5.74, 6) is 0.321. The first-order valence-electron chi connectivity index (χ1n) is 4.12.